The highest BCUT2D eigenvalue weighted by molar-refractivity contribution is 7.91. The first kappa shape index (κ1) is 12.1. The zero-order chi connectivity index (χ0) is 11.8. The van der Waals surface area contributed by atoms with Crippen molar-refractivity contribution in [1.29, 1.82) is 0 Å². The number of allylic oxidation sites excluding steroid dienone is 1. The lowest BCUT2D eigenvalue weighted by atomic mass is 10.1. The Bertz CT molecular complexity index is 385. The summed E-state index contributed by atoms with van der Waals surface area (Å²) in [7, 11) is -2.83. The molecular weight excluding hydrogens is 224 g/mol. The highest BCUT2D eigenvalue weighted by Gasteiger charge is 2.42. The molecule has 0 aromatic heterocycles. The van der Waals surface area contributed by atoms with Crippen molar-refractivity contribution in [3.8, 4) is 0 Å². The SMILES string of the molecule is CC(C)=CCN1CCNC2CS(=O)(=O)CC21. The van der Waals surface area contributed by atoms with Gasteiger partial charge in [-0.2, -0.15) is 0 Å². The van der Waals surface area contributed by atoms with Crippen molar-refractivity contribution in [2.45, 2.75) is 25.9 Å². The molecule has 0 radical (unpaired) electrons. The number of fused-ring (bicyclic) bond motifs is 1. The molecule has 1 N–H and O–H groups in total. The third kappa shape index (κ3) is 2.64. The van der Waals surface area contributed by atoms with Gasteiger partial charge in [0.25, 0.3) is 0 Å². The lowest BCUT2D eigenvalue weighted by Gasteiger charge is -2.36. The topological polar surface area (TPSA) is 49.4 Å². The van der Waals surface area contributed by atoms with Gasteiger partial charge in [0.05, 0.1) is 11.5 Å². The first-order chi connectivity index (χ1) is 7.48. The van der Waals surface area contributed by atoms with Crippen molar-refractivity contribution in [2.24, 2.45) is 0 Å². The van der Waals surface area contributed by atoms with Crippen molar-refractivity contribution in [1.82, 2.24) is 10.2 Å². The average molecular weight is 244 g/mol. The second kappa shape index (κ2) is 4.47. The Labute approximate surface area is 97.6 Å². The van der Waals surface area contributed by atoms with E-state index in [0.29, 0.717) is 11.5 Å². The first-order valence-electron chi connectivity index (χ1n) is 5.79. The van der Waals surface area contributed by atoms with Gasteiger partial charge in [-0.1, -0.05) is 11.6 Å². The van der Waals surface area contributed by atoms with Crippen LogP contribution in [0.4, 0.5) is 0 Å². The molecule has 5 heteroatoms. The molecule has 2 aliphatic heterocycles. The van der Waals surface area contributed by atoms with Crippen molar-refractivity contribution < 1.29 is 8.42 Å². The molecule has 2 fully saturated rings. The van der Waals surface area contributed by atoms with Crippen LogP contribution in [0.1, 0.15) is 13.8 Å². The van der Waals surface area contributed by atoms with E-state index < -0.39 is 9.84 Å². The van der Waals surface area contributed by atoms with Crippen molar-refractivity contribution >= 4 is 9.84 Å². The van der Waals surface area contributed by atoms with E-state index in [1.165, 1.54) is 5.57 Å². The standard InChI is InChI=1S/C11H20N2O2S/c1-9(2)3-5-13-6-4-12-10-7-16(14,15)8-11(10)13/h3,10-12H,4-8H2,1-2H3. The van der Waals surface area contributed by atoms with Crippen LogP contribution < -0.4 is 5.32 Å². The molecule has 2 saturated heterocycles. The molecule has 0 saturated carbocycles. The van der Waals surface area contributed by atoms with E-state index >= 15 is 0 Å². The maximum absolute atomic E-state index is 11.6. The van der Waals surface area contributed by atoms with Crippen LogP contribution in [0.15, 0.2) is 11.6 Å². The number of hydrogen-bond donors (Lipinski definition) is 1. The number of nitrogens with zero attached hydrogens (tertiary/aromatic N) is 1. The smallest absolute Gasteiger partial charge is 0.153 e. The molecule has 0 aliphatic carbocycles. The van der Waals surface area contributed by atoms with Crippen LogP contribution in [0.25, 0.3) is 0 Å². The second-order valence-corrected chi connectivity index (χ2v) is 7.14. The summed E-state index contributed by atoms with van der Waals surface area (Å²) < 4.78 is 23.2. The van der Waals surface area contributed by atoms with Crippen molar-refractivity contribution in [3.63, 3.8) is 0 Å². The molecule has 2 atom stereocenters. The molecule has 4 nitrogen and oxygen atoms in total. The summed E-state index contributed by atoms with van der Waals surface area (Å²) >= 11 is 0. The fourth-order valence-electron chi connectivity index (χ4n) is 2.47. The number of sulfone groups is 1. The quantitative estimate of drug-likeness (QED) is 0.696. The second-order valence-electron chi connectivity index (χ2n) is 4.98. The predicted molar refractivity (Wildman–Crippen MR) is 65.2 cm³/mol. The lowest BCUT2D eigenvalue weighted by molar-refractivity contribution is 0.165. The van der Waals surface area contributed by atoms with Crippen molar-refractivity contribution in [3.05, 3.63) is 11.6 Å². The van der Waals surface area contributed by atoms with Gasteiger partial charge in [0.1, 0.15) is 0 Å². The molecule has 92 valence electrons. The molecule has 0 aromatic carbocycles. The minimum absolute atomic E-state index is 0.143. The summed E-state index contributed by atoms with van der Waals surface area (Å²) in [6.45, 7) is 6.87. The van der Waals surface area contributed by atoms with Crippen LogP contribution in [-0.2, 0) is 9.84 Å². The van der Waals surface area contributed by atoms with E-state index in [9.17, 15) is 8.42 Å². The summed E-state index contributed by atoms with van der Waals surface area (Å²) in [5.74, 6) is 0.629. The molecular formula is C11H20N2O2S. The Morgan fingerprint density at radius 3 is 2.88 bits per heavy atom. The number of piperazine rings is 1. The van der Waals surface area contributed by atoms with Gasteiger partial charge in [-0.3, -0.25) is 4.90 Å². The zero-order valence-corrected chi connectivity index (χ0v) is 10.8. The maximum Gasteiger partial charge on any atom is 0.153 e. The maximum atomic E-state index is 11.6. The minimum atomic E-state index is -2.83. The van der Waals surface area contributed by atoms with E-state index in [0.717, 1.165) is 19.6 Å². The number of hydrogen-bond acceptors (Lipinski definition) is 4. The molecule has 0 aromatic rings. The van der Waals surface area contributed by atoms with Crippen LogP contribution in [0.2, 0.25) is 0 Å². The molecule has 0 spiro atoms. The Morgan fingerprint density at radius 1 is 1.44 bits per heavy atom. The summed E-state index contributed by atoms with van der Waals surface area (Å²) in [5, 5.41) is 3.31. The fraction of sp³-hybridized carbons (Fsp3) is 0.818. The van der Waals surface area contributed by atoms with Gasteiger partial charge in [0.15, 0.2) is 9.84 Å². The Balaban J connectivity index is 2.07. The predicted octanol–water partition coefficient (Wildman–Crippen LogP) is 0.0234. The van der Waals surface area contributed by atoms with Gasteiger partial charge in [-0.15, -0.1) is 0 Å². The van der Waals surface area contributed by atoms with Crippen LogP contribution in [0, 0.1) is 0 Å². The van der Waals surface area contributed by atoms with Gasteiger partial charge in [0.2, 0.25) is 0 Å². The third-order valence-corrected chi connectivity index (χ3v) is 5.05. The van der Waals surface area contributed by atoms with Gasteiger partial charge >= 0.3 is 0 Å². The number of rotatable bonds is 2. The molecule has 2 heterocycles. The van der Waals surface area contributed by atoms with E-state index in [4.69, 9.17) is 0 Å². The van der Waals surface area contributed by atoms with Crippen LogP contribution >= 0.6 is 0 Å². The van der Waals surface area contributed by atoms with Crippen molar-refractivity contribution in [2.75, 3.05) is 31.1 Å². The fourth-order valence-corrected chi connectivity index (χ4v) is 4.46. The van der Waals surface area contributed by atoms with E-state index in [1.54, 1.807) is 0 Å². The monoisotopic (exact) mass is 244 g/mol. The summed E-state index contributed by atoms with van der Waals surface area (Å²) in [6, 6.07) is 0.318. The van der Waals surface area contributed by atoms with Gasteiger partial charge in [0, 0.05) is 31.7 Å². The lowest BCUT2D eigenvalue weighted by Crippen LogP contribution is -2.57. The van der Waals surface area contributed by atoms with E-state index in [-0.39, 0.29) is 12.1 Å². The van der Waals surface area contributed by atoms with Gasteiger partial charge in [-0.25, -0.2) is 8.42 Å². The Morgan fingerprint density at radius 2 is 2.19 bits per heavy atom. The third-order valence-electron chi connectivity index (χ3n) is 3.33. The highest BCUT2D eigenvalue weighted by atomic mass is 32.2. The van der Waals surface area contributed by atoms with Crippen LogP contribution in [-0.4, -0.2) is 56.5 Å². The summed E-state index contributed by atoms with van der Waals surface area (Å²) in [6.07, 6.45) is 2.17. The highest BCUT2D eigenvalue weighted by Crippen LogP contribution is 2.21. The van der Waals surface area contributed by atoms with Crippen LogP contribution in [0.5, 0.6) is 0 Å². The summed E-state index contributed by atoms with van der Waals surface area (Å²) in [4.78, 5) is 2.29. The van der Waals surface area contributed by atoms with Crippen LogP contribution in [0.3, 0.4) is 0 Å². The van der Waals surface area contributed by atoms with E-state index in [2.05, 4.69) is 30.1 Å². The largest absolute Gasteiger partial charge is 0.310 e. The molecule has 2 unspecified atom stereocenters. The molecule has 0 bridgehead atoms. The molecule has 2 rings (SSSR count). The Kier molecular flexibility index (Phi) is 3.37. The first-order valence-corrected chi connectivity index (χ1v) is 7.61. The van der Waals surface area contributed by atoms with E-state index in [1.807, 2.05) is 0 Å². The molecule has 2 aliphatic rings. The zero-order valence-electron chi connectivity index (χ0n) is 9.94. The number of nitrogens with one attached hydrogen (secondary N) is 1. The van der Waals surface area contributed by atoms with Gasteiger partial charge < -0.3 is 5.32 Å². The minimum Gasteiger partial charge on any atom is -0.310 e. The molecule has 16 heavy (non-hydrogen) atoms. The Hall–Kier alpha value is -0.390. The normalized spacial score (nSPS) is 33.4. The summed E-state index contributed by atoms with van der Waals surface area (Å²) in [5.41, 5.74) is 1.29. The molecule has 0 amide bonds. The van der Waals surface area contributed by atoms with Gasteiger partial charge in [-0.05, 0) is 13.8 Å². The average Bonchev–Trinajstić information content (AvgIpc) is 2.48.